The van der Waals surface area contributed by atoms with Crippen LogP contribution >= 0.6 is 12.4 Å². The molecule has 142 valence electrons. The number of carbonyl (C=O) groups excluding carboxylic acids is 1. The lowest BCUT2D eigenvalue weighted by Crippen LogP contribution is -2.51. The quantitative estimate of drug-likeness (QED) is 0.692. The van der Waals surface area contributed by atoms with Gasteiger partial charge in [-0.2, -0.15) is 5.10 Å². The van der Waals surface area contributed by atoms with E-state index >= 15 is 0 Å². The molecule has 1 aliphatic heterocycles. The summed E-state index contributed by atoms with van der Waals surface area (Å²) in [7, 11) is 1.89. The summed E-state index contributed by atoms with van der Waals surface area (Å²) in [6, 6.07) is 8.45. The summed E-state index contributed by atoms with van der Waals surface area (Å²) in [5, 5.41) is 10.4. The average molecular weight is 381 g/mol. The summed E-state index contributed by atoms with van der Waals surface area (Å²) in [5.41, 5.74) is 2.62. The fraction of sp³-hybridized carbons (Fsp3) is 0.474. The highest BCUT2D eigenvalue weighted by molar-refractivity contribution is 5.85. The van der Waals surface area contributed by atoms with Gasteiger partial charge in [0.05, 0.1) is 11.6 Å². The van der Waals surface area contributed by atoms with Gasteiger partial charge in [0.1, 0.15) is 5.82 Å². The van der Waals surface area contributed by atoms with Crippen LogP contribution in [0.4, 0.5) is 4.39 Å². The molecule has 0 saturated carbocycles. The molecule has 2 heterocycles. The zero-order valence-corrected chi connectivity index (χ0v) is 15.8. The molecule has 0 atom stereocenters. The van der Waals surface area contributed by atoms with Crippen LogP contribution in [-0.2, 0) is 11.2 Å². The molecule has 1 aromatic heterocycles. The Morgan fingerprint density at radius 2 is 2.08 bits per heavy atom. The van der Waals surface area contributed by atoms with Crippen molar-refractivity contribution in [2.24, 2.45) is 5.92 Å². The molecule has 0 bridgehead atoms. The Bertz CT molecular complexity index is 717. The van der Waals surface area contributed by atoms with Crippen molar-refractivity contribution < 1.29 is 9.18 Å². The zero-order valence-electron chi connectivity index (χ0n) is 15.0. The van der Waals surface area contributed by atoms with Crippen LogP contribution in [0, 0.1) is 11.7 Å². The summed E-state index contributed by atoms with van der Waals surface area (Å²) in [5.74, 6) is 0.182. The number of unbranched alkanes of at least 4 members (excludes halogenated alkanes) is 2. The number of nitrogens with zero attached hydrogens (tertiary/aromatic N) is 2. The number of hydrogen-bond donors (Lipinski definition) is 2. The van der Waals surface area contributed by atoms with Crippen LogP contribution in [0.1, 0.15) is 25.0 Å². The Morgan fingerprint density at radius 1 is 1.27 bits per heavy atom. The molecule has 0 spiro atoms. The number of nitrogens with one attached hydrogen (secondary N) is 2. The molecule has 2 N–H and O–H groups in total. The van der Waals surface area contributed by atoms with Gasteiger partial charge >= 0.3 is 0 Å². The van der Waals surface area contributed by atoms with Gasteiger partial charge in [0.25, 0.3) is 0 Å². The molecule has 1 aromatic carbocycles. The van der Waals surface area contributed by atoms with E-state index < -0.39 is 0 Å². The molecule has 1 fully saturated rings. The number of rotatable bonds is 8. The Balaban J connectivity index is 0.00000243. The monoisotopic (exact) mass is 380 g/mol. The first kappa shape index (κ1) is 20.4. The lowest BCUT2D eigenvalue weighted by atomic mass is 10.0. The maximum Gasteiger partial charge on any atom is 0.227 e. The van der Waals surface area contributed by atoms with Gasteiger partial charge < -0.3 is 10.2 Å². The van der Waals surface area contributed by atoms with Gasteiger partial charge in [0.15, 0.2) is 0 Å². The molecule has 2 aromatic rings. The number of amides is 1. The van der Waals surface area contributed by atoms with Crippen LogP contribution in [-0.4, -0.2) is 47.7 Å². The minimum absolute atomic E-state index is 0. The van der Waals surface area contributed by atoms with Crippen LogP contribution in [0.15, 0.2) is 30.3 Å². The van der Waals surface area contributed by atoms with E-state index in [1.165, 1.54) is 12.1 Å². The molecule has 1 saturated heterocycles. The lowest BCUT2D eigenvalue weighted by Gasteiger charge is -2.30. The van der Waals surface area contributed by atoms with E-state index in [0.717, 1.165) is 62.3 Å². The smallest absolute Gasteiger partial charge is 0.227 e. The second-order valence-corrected chi connectivity index (χ2v) is 6.71. The van der Waals surface area contributed by atoms with Crippen molar-refractivity contribution in [3.8, 4) is 11.3 Å². The van der Waals surface area contributed by atoms with Crippen molar-refractivity contribution in [1.82, 2.24) is 20.4 Å². The van der Waals surface area contributed by atoms with Gasteiger partial charge in [-0.05, 0) is 37.5 Å². The van der Waals surface area contributed by atoms with Gasteiger partial charge in [0, 0.05) is 37.9 Å². The fourth-order valence-corrected chi connectivity index (χ4v) is 3.01. The summed E-state index contributed by atoms with van der Waals surface area (Å²) < 4.78 is 13.3. The summed E-state index contributed by atoms with van der Waals surface area (Å²) in [6.07, 6.45) is 4.02. The van der Waals surface area contributed by atoms with Crippen LogP contribution in [0.25, 0.3) is 11.3 Å². The van der Waals surface area contributed by atoms with Gasteiger partial charge in [-0.15, -0.1) is 12.4 Å². The maximum absolute atomic E-state index is 13.3. The van der Waals surface area contributed by atoms with E-state index in [2.05, 4.69) is 15.5 Å². The third-order valence-corrected chi connectivity index (χ3v) is 4.70. The van der Waals surface area contributed by atoms with Crippen LogP contribution in [0.2, 0.25) is 0 Å². The van der Waals surface area contributed by atoms with Gasteiger partial charge in [-0.25, -0.2) is 4.39 Å². The van der Waals surface area contributed by atoms with Crippen LogP contribution in [0.3, 0.4) is 0 Å². The zero-order chi connectivity index (χ0) is 17.6. The van der Waals surface area contributed by atoms with Crippen LogP contribution < -0.4 is 5.32 Å². The highest BCUT2D eigenvalue weighted by Gasteiger charge is 2.27. The molecule has 5 nitrogen and oxygen atoms in total. The molecule has 3 rings (SSSR count). The molecule has 26 heavy (non-hydrogen) atoms. The van der Waals surface area contributed by atoms with Crippen molar-refractivity contribution in [1.29, 1.82) is 0 Å². The van der Waals surface area contributed by atoms with Gasteiger partial charge in [-0.3, -0.25) is 9.89 Å². The van der Waals surface area contributed by atoms with E-state index in [1.807, 2.05) is 24.1 Å². The summed E-state index contributed by atoms with van der Waals surface area (Å²) in [6.45, 7) is 2.44. The van der Waals surface area contributed by atoms with E-state index in [4.69, 9.17) is 0 Å². The largest absolute Gasteiger partial charge is 0.345 e. The van der Waals surface area contributed by atoms with Crippen LogP contribution in [0.5, 0.6) is 0 Å². The minimum Gasteiger partial charge on any atom is -0.345 e. The SMILES string of the molecule is CN(CCCCCc1cc(-c2cccc(F)c2)n[nH]1)C(=O)C1CNC1.Cl. The average Bonchev–Trinajstić information content (AvgIpc) is 3.01. The highest BCUT2D eigenvalue weighted by Crippen LogP contribution is 2.19. The van der Waals surface area contributed by atoms with Crippen molar-refractivity contribution in [2.45, 2.75) is 25.7 Å². The van der Waals surface area contributed by atoms with E-state index in [-0.39, 0.29) is 30.0 Å². The lowest BCUT2D eigenvalue weighted by molar-refractivity contribution is -0.135. The summed E-state index contributed by atoms with van der Waals surface area (Å²) in [4.78, 5) is 13.9. The predicted octanol–water partition coefficient (Wildman–Crippen LogP) is 3.03. The Hall–Kier alpha value is -1.92. The first-order valence-corrected chi connectivity index (χ1v) is 8.89. The van der Waals surface area contributed by atoms with Crippen molar-refractivity contribution >= 4 is 18.3 Å². The number of aromatic nitrogens is 2. The number of benzene rings is 1. The fourth-order valence-electron chi connectivity index (χ4n) is 3.01. The van der Waals surface area contributed by atoms with E-state index in [1.54, 1.807) is 6.07 Å². The Kier molecular flexibility index (Phi) is 7.60. The van der Waals surface area contributed by atoms with Crippen molar-refractivity contribution in [2.75, 3.05) is 26.7 Å². The molecule has 0 unspecified atom stereocenters. The third kappa shape index (κ3) is 5.29. The van der Waals surface area contributed by atoms with Gasteiger partial charge in [-0.1, -0.05) is 18.6 Å². The van der Waals surface area contributed by atoms with Gasteiger partial charge in [0.2, 0.25) is 5.91 Å². The molecular weight excluding hydrogens is 355 g/mol. The summed E-state index contributed by atoms with van der Waals surface area (Å²) >= 11 is 0. The maximum atomic E-state index is 13.3. The normalized spacial score (nSPS) is 13.8. The first-order chi connectivity index (χ1) is 12.1. The highest BCUT2D eigenvalue weighted by atomic mass is 35.5. The number of carbonyl (C=O) groups is 1. The topological polar surface area (TPSA) is 61.0 Å². The third-order valence-electron chi connectivity index (χ3n) is 4.70. The predicted molar refractivity (Wildman–Crippen MR) is 103 cm³/mol. The number of aromatic amines is 1. The molecule has 0 radical (unpaired) electrons. The standard InChI is InChI=1S/C19H25FN4O.ClH/c1-24(19(25)15-12-21-13-15)9-4-2-3-8-17-11-18(23-22-17)14-6-5-7-16(20)10-14;/h5-7,10-11,15,21H,2-4,8-9,12-13H2,1H3,(H,22,23);1H. The number of halogens is 2. The number of H-pyrrole nitrogens is 1. The Labute approximate surface area is 159 Å². The number of aryl methyl sites for hydroxylation is 1. The molecule has 1 amide bonds. The van der Waals surface area contributed by atoms with Crippen molar-refractivity contribution in [3.05, 3.63) is 41.8 Å². The van der Waals surface area contributed by atoms with E-state index in [9.17, 15) is 9.18 Å². The first-order valence-electron chi connectivity index (χ1n) is 8.89. The molecule has 7 heteroatoms. The minimum atomic E-state index is -0.251. The number of hydrogen-bond acceptors (Lipinski definition) is 3. The molecular formula is C19H26ClFN4O. The van der Waals surface area contributed by atoms with E-state index in [0.29, 0.717) is 0 Å². The second-order valence-electron chi connectivity index (χ2n) is 6.71. The molecule has 0 aliphatic carbocycles. The second kappa shape index (κ2) is 9.69. The molecule has 1 aliphatic rings. The Morgan fingerprint density at radius 3 is 2.77 bits per heavy atom. The van der Waals surface area contributed by atoms with Crippen molar-refractivity contribution in [3.63, 3.8) is 0 Å².